The molecule has 1 saturated carbocycles. The highest BCUT2D eigenvalue weighted by atomic mass is 16.2. The van der Waals surface area contributed by atoms with E-state index < -0.39 is 0 Å². The molecule has 0 spiro atoms. The highest BCUT2D eigenvalue weighted by Gasteiger charge is 2.29. The van der Waals surface area contributed by atoms with Crippen molar-refractivity contribution in [3.05, 3.63) is 0 Å². The average Bonchev–Trinajstić information content (AvgIpc) is 2.38. The van der Waals surface area contributed by atoms with E-state index in [9.17, 15) is 4.79 Å². The Hall–Kier alpha value is -0.610. The van der Waals surface area contributed by atoms with E-state index in [1.54, 1.807) is 0 Å². The smallest absolute Gasteiger partial charge is 0.234 e. The summed E-state index contributed by atoms with van der Waals surface area (Å²) in [5.41, 5.74) is 0. The molecule has 0 aromatic rings. The van der Waals surface area contributed by atoms with Gasteiger partial charge in [-0.25, -0.2) is 0 Å². The minimum atomic E-state index is 0.208. The Bertz CT molecular complexity index is 308. The molecule has 4 atom stereocenters. The number of hydrogen-bond donors (Lipinski definition) is 2. The van der Waals surface area contributed by atoms with E-state index in [-0.39, 0.29) is 5.91 Å². The maximum absolute atomic E-state index is 12.2. The quantitative estimate of drug-likeness (QED) is 0.808. The lowest BCUT2D eigenvalue weighted by molar-refractivity contribution is -0.124. The Morgan fingerprint density at radius 2 is 2.11 bits per heavy atom. The summed E-state index contributed by atoms with van der Waals surface area (Å²) >= 11 is 0. The van der Waals surface area contributed by atoms with Gasteiger partial charge in [0, 0.05) is 31.7 Å². The number of nitrogens with zero attached hydrogens (tertiary/aromatic N) is 1. The third kappa shape index (κ3) is 3.93. The van der Waals surface area contributed by atoms with Gasteiger partial charge in [-0.1, -0.05) is 26.7 Å². The normalized spacial score (nSPS) is 37.0. The van der Waals surface area contributed by atoms with Crippen LogP contribution < -0.4 is 10.6 Å². The van der Waals surface area contributed by atoms with Crippen molar-refractivity contribution >= 4 is 5.91 Å². The Morgan fingerprint density at radius 3 is 2.84 bits per heavy atom. The fraction of sp³-hybridized carbons (Fsp3) is 0.933. The summed E-state index contributed by atoms with van der Waals surface area (Å²) in [6.45, 7) is 10.3. The van der Waals surface area contributed by atoms with Crippen molar-refractivity contribution in [2.75, 3.05) is 26.2 Å². The van der Waals surface area contributed by atoms with E-state index in [1.165, 1.54) is 12.8 Å². The first-order chi connectivity index (χ1) is 9.08. The second-order valence-corrected chi connectivity index (χ2v) is 6.46. The molecular formula is C15H29N3O. The zero-order valence-corrected chi connectivity index (χ0v) is 12.6. The van der Waals surface area contributed by atoms with Gasteiger partial charge >= 0.3 is 0 Å². The summed E-state index contributed by atoms with van der Waals surface area (Å²) in [6, 6.07) is 0.844. The summed E-state index contributed by atoms with van der Waals surface area (Å²) in [5.74, 6) is 1.55. The van der Waals surface area contributed by atoms with Crippen molar-refractivity contribution in [3.63, 3.8) is 0 Å². The lowest BCUT2D eigenvalue weighted by atomic mass is 9.78. The van der Waals surface area contributed by atoms with E-state index in [4.69, 9.17) is 0 Å². The molecule has 2 N–H and O–H groups in total. The van der Waals surface area contributed by atoms with Crippen LogP contribution in [0.15, 0.2) is 0 Å². The zero-order chi connectivity index (χ0) is 13.8. The second kappa shape index (κ2) is 6.71. The maximum Gasteiger partial charge on any atom is 0.234 e. The summed E-state index contributed by atoms with van der Waals surface area (Å²) in [4.78, 5) is 14.5. The van der Waals surface area contributed by atoms with Gasteiger partial charge < -0.3 is 10.6 Å². The van der Waals surface area contributed by atoms with Crippen LogP contribution >= 0.6 is 0 Å². The van der Waals surface area contributed by atoms with Gasteiger partial charge in [0.25, 0.3) is 0 Å². The van der Waals surface area contributed by atoms with Crippen molar-refractivity contribution in [3.8, 4) is 0 Å². The monoisotopic (exact) mass is 267 g/mol. The third-order valence-electron chi connectivity index (χ3n) is 5.04. The highest BCUT2D eigenvalue weighted by molar-refractivity contribution is 5.78. The van der Waals surface area contributed by atoms with Crippen LogP contribution in [0, 0.1) is 11.8 Å². The maximum atomic E-state index is 12.2. The molecule has 1 aliphatic heterocycles. The lowest BCUT2D eigenvalue weighted by Crippen LogP contribution is -2.54. The van der Waals surface area contributed by atoms with Crippen LogP contribution in [-0.2, 0) is 4.79 Å². The molecule has 0 aromatic carbocycles. The van der Waals surface area contributed by atoms with Crippen LogP contribution in [0.5, 0.6) is 0 Å². The molecule has 1 heterocycles. The standard InChI is InChI=1S/C15H29N3O/c1-11-5-4-6-14(13(11)3)17-15(19)10-18-8-7-16-9-12(18)2/h11-14,16H,4-10H2,1-3H3,(H,17,19)/t11?,12-,13?,14?/m0/s1. The number of hydrogen-bond acceptors (Lipinski definition) is 3. The van der Waals surface area contributed by atoms with Crippen molar-refractivity contribution in [1.29, 1.82) is 0 Å². The first kappa shape index (κ1) is 14.8. The molecule has 2 aliphatic rings. The first-order valence-electron chi connectivity index (χ1n) is 7.82. The van der Waals surface area contributed by atoms with Crippen LogP contribution in [0.1, 0.15) is 40.0 Å². The first-order valence-corrected chi connectivity index (χ1v) is 7.82. The van der Waals surface area contributed by atoms with Gasteiger partial charge in [-0.15, -0.1) is 0 Å². The molecule has 19 heavy (non-hydrogen) atoms. The Morgan fingerprint density at radius 1 is 1.32 bits per heavy atom. The molecule has 0 radical (unpaired) electrons. The van der Waals surface area contributed by atoms with Gasteiger partial charge in [0.2, 0.25) is 5.91 Å². The number of carbonyl (C=O) groups excluding carboxylic acids is 1. The molecule has 0 bridgehead atoms. The van der Waals surface area contributed by atoms with Crippen molar-refractivity contribution in [1.82, 2.24) is 15.5 Å². The molecule has 1 saturated heterocycles. The topological polar surface area (TPSA) is 44.4 Å². The number of piperazine rings is 1. The van der Waals surface area contributed by atoms with Crippen LogP contribution in [0.25, 0.3) is 0 Å². The number of amides is 1. The van der Waals surface area contributed by atoms with E-state index in [0.717, 1.165) is 32.0 Å². The Labute approximate surface area is 117 Å². The van der Waals surface area contributed by atoms with E-state index in [1.807, 2.05) is 0 Å². The molecule has 4 nitrogen and oxygen atoms in total. The number of nitrogens with one attached hydrogen (secondary N) is 2. The highest BCUT2D eigenvalue weighted by Crippen LogP contribution is 2.29. The number of rotatable bonds is 3. The SMILES string of the molecule is CC1CCCC(NC(=O)CN2CCNC[C@@H]2C)C1C. The molecule has 4 heteroatoms. The fourth-order valence-corrected chi connectivity index (χ4v) is 3.34. The summed E-state index contributed by atoms with van der Waals surface area (Å²) in [7, 11) is 0. The molecular weight excluding hydrogens is 238 g/mol. The van der Waals surface area contributed by atoms with Crippen LogP contribution in [0.4, 0.5) is 0 Å². The molecule has 1 amide bonds. The second-order valence-electron chi connectivity index (χ2n) is 6.46. The molecule has 0 aromatic heterocycles. The predicted molar refractivity (Wildman–Crippen MR) is 78.0 cm³/mol. The van der Waals surface area contributed by atoms with Crippen molar-refractivity contribution in [2.45, 2.75) is 52.1 Å². The van der Waals surface area contributed by atoms with E-state index in [2.05, 4.69) is 36.3 Å². The summed E-state index contributed by atoms with van der Waals surface area (Å²) < 4.78 is 0. The molecule has 3 unspecified atom stereocenters. The molecule has 1 aliphatic carbocycles. The fourth-order valence-electron chi connectivity index (χ4n) is 3.34. The molecule has 2 rings (SSSR count). The van der Waals surface area contributed by atoms with E-state index in [0.29, 0.717) is 24.5 Å². The number of carbonyl (C=O) groups is 1. The van der Waals surface area contributed by atoms with Crippen LogP contribution in [0.2, 0.25) is 0 Å². The zero-order valence-electron chi connectivity index (χ0n) is 12.6. The minimum Gasteiger partial charge on any atom is -0.352 e. The van der Waals surface area contributed by atoms with Crippen LogP contribution in [-0.4, -0.2) is 49.1 Å². The Balaban J connectivity index is 1.80. The molecule has 110 valence electrons. The largest absolute Gasteiger partial charge is 0.352 e. The van der Waals surface area contributed by atoms with Gasteiger partial charge in [0.15, 0.2) is 0 Å². The predicted octanol–water partition coefficient (Wildman–Crippen LogP) is 1.22. The van der Waals surface area contributed by atoms with Gasteiger partial charge in [0.05, 0.1) is 6.54 Å². The van der Waals surface area contributed by atoms with Gasteiger partial charge in [-0.3, -0.25) is 9.69 Å². The third-order valence-corrected chi connectivity index (χ3v) is 5.04. The lowest BCUT2D eigenvalue weighted by Gasteiger charge is -2.36. The summed E-state index contributed by atoms with van der Waals surface area (Å²) in [5, 5.41) is 6.62. The van der Waals surface area contributed by atoms with Gasteiger partial charge in [-0.2, -0.15) is 0 Å². The minimum absolute atomic E-state index is 0.208. The van der Waals surface area contributed by atoms with Crippen LogP contribution in [0.3, 0.4) is 0 Å². The summed E-state index contributed by atoms with van der Waals surface area (Å²) in [6.07, 6.45) is 3.71. The van der Waals surface area contributed by atoms with Crippen molar-refractivity contribution < 1.29 is 4.79 Å². The Kier molecular flexibility index (Phi) is 5.22. The molecule has 2 fully saturated rings. The van der Waals surface area contributed by atoms with Gasteiger partial charge in [0.1, 0.15) is 0 Å². The van der Waals surface area contributed by atoms with Crippen molar-refractivity contribution in [2.24, 2.45) is 11.8 Å². The van der Waals surface area contributed by atoms with E-state index >= 15 is 0 Å². The van der Waals surface area contributed by atoms with Gasteiger partial charge in [-0.05, 0) is 25.2 Å². The average molecular weight is 267 g/mol.